The lowest BCUT2D eigenvalue weighted by molar-refractivity contribution is -0.137. The van der Waals surface area contributed by atoms with Crippen LogP contribution >= 0.6 is 11.8 Å². The van der Waals surface area contributed by atoms with Crippen molar-refractivity contribution >= 4 is 35.3 Å². The van der Waals surface area contributed by atoms with Crippen LogP contribution < -0.4 is 10.2 Å². The Morgan fingerprint density at radius 3 is 2.26 bits per heavy atom. The van der Waals surface area contributed by atoms with Crippen molar-refractivity contribution in [1.29, 1.82) is 0 Å². The van der Waals surface area contributed by atoms with E-state index in [-0.39, 0.29) is 29.8 Å². The van der Waals surface area contributed by atoms with E-state index in [1.807, 2.05) is 24.3 Å². The maximum Gasteiger partial charge on any atom is 0.416 e. The van der Waals surface area contributed by atoms with Gasteiger partial charge in [0.2, 0.25) is 5.91 Å². The van der Waals surface area contributed by atoms with E-state index in [1.54, 1.807) is 6.08 Å². The number of hydrogen-bond acceptors (Lipinski definition) is 3. The minimum Gasteiger partial charge on any atom is -0.352 e. The number of alkyl halides is 3. The second kappa shape index (κ2) is 9.47. The van der Waals surface area contributed by atoms with E-state index in [4.69, 9.17) is 0 Å². The van der Waals surface area contributed by atoms with Crippen molar-refractivity contribution in [1.82, 2.24) is 5.32 Å². The number of para-hydroxylation sites is 1. The number of nitrogens with one attached hydrogen (secondary N) is 1. The Labute approximate surface area is 225 Å². The largest absolute Gasteiger partial charge is 0.416 e. The highest BCUT2D eigenvalue weighted by Crippen LogP contribution is 2.61. The predicted molar refractivity (Wildman–Crippen MR) is 142 cm³/mol. The third-order valence-electron chi connectivity index (χ3n) is 9.05. The number of anilines is 1. The molecule has 38 heavy (non-hydrogen) atoms. The summed E-state index contributed by atoms with van der Waals surface area (Å²) in [6.45, 7) is 2.03. The fraction of sp³-hybridized carbons (Fsp3) is 0.467. The predicted octanol–water partition coefficient (Wildman–Crippen LogP) is 6.91. The van der Waals surface area contributed by atoms with Gasteiger partial charge in [-0.15, -0.1) is 0 Å². The maximum atomic E-state index is 13.5. The summed E-state index contributed by atoms with van der Waals surface area (Å²) in [5.74, 6) is 1.84. The molecule has 5 aliphatic rings. The van der Waals surface area contributed by atoms with Gasteiger partial charge in [-0.25, -0.2) is 0 Å². The van der Waals surface area contributed by atoms with Crippen LogP contribution in [-0.4, -0.2) is 24.4 Å². The van der Waals surface area contributed by atoms with Crippen LogP contribution in [0, 0.1) is 23.2 Å². The number of fused-ring (bicyclic) bond motifs is 1. The highest BCUT2D eigenvalue weighted by Gasteiger charge is 2.53. The molecule has 2 aromatic rings. The molecule has 0 saturated heterocycles. The van der Waals surface area contributed by atoms with E-state index < -0.39 is 11.7 Å². The molecular formula is C30H31F3N2O2S. The zero-order chi connectivity index (χ0) is 26.7. The van der Waals surface area contributed by atoms with Crippen LogP contribution in [0.3, 0.4) is 0 Å². The summed E-state index contributed by atoms with van der Waals surface area (Å²) >= 11 is 1.27. The third-order valence-corrected chi connectivity index (χ3v) is 10.1. The van der Waals surface area contributed by atoms with E-state index in [1.165, 1.54) is 67.3 Å². The van der Waals surface area contributed by atoms with Crippen LogP contribution in [0.1, 0.15) is 56.6 Å². The van der Waals surface area contributed by atoms with Gasteiger partial charge in [-0.05, 0) is 105 Å². The van der Waals surface area contributed by atoms with Crippen LogP contribution in [0.25, 0.3) is 6.08 Å². The Kier molecular flexibility index (Phi) is 6.36. The zero-order valence-electron chi connectivity index (χ0n) is 21.3. The highest BCUT2D eigenvalue weighted by molar-refractivity contribution is 8.04. The average molecular weight is 541 g/mol. The lowest BCUT2D eigenvalue weighted by atomic mass is 9.48. The number of nitrogens with zero attached hydrogens (tertiary/aromatic N) is 1. The summed E-state index contributed by atoms with van der Waals surface area (Å²) < 4.78 is 38.9. The smallest absolute Gasteiger partial charge is 0.352 e. The van der Waals surface area contributed by atoms with Crippen molar-refractivity contribution in [2.45, 2.75) is 62.6 Å². The number of carbonyl (C=O) groups is 2. The molecule has 8 heteroatoms. The number of thioether (sulfide) groups is 1. The lowest BCUT2D eigenvalue weighted by Gasteiger charge is -2.59. The van der Waals surface area contributed by atoms with Gasteiger partial charge in [0.05, 0.1) is 16.2 Å². The van der Waals surface area contributed by atoms with E-state index in [0.29, 0.717) is 16.2 Å². The third kappa shape index (κ3) is 4.76. The molecule has 1 heterocycles. The van der Waals surface area contributed by atoms with E-state index >= 15 is 0 Å². The molecule has 4 aliphatic carbocycles. The molecule has 4 saturated carbocycles. The van der Waals surface area contributed by atoms with Crippen molar-refractivity contribution in [3.05, 3.63) is 64.6 Å². The normalized spacial score (nSPS) is 29.9. The second-order valence-corrected chi connectivity index (χ2v) is 12.7. The Hall–Kier alpha value is -2.74. The lowest BCUT2D eigenvalue weighted by Crippen LogP contribution is -2.57. The Bertz CT molecular complexity index is 1250. The van der Waals surface area contributed by atoms with Gasteiger partial charge < -0.3 is 5.32 Å². The van der Waals surface area contributed by atoms with Crippen LogP contribution in [0.5, 0.6) is 0 Å². The van der Waals surface area contributed by atoms with E-state index in [2.05, 4.69) is 12.2 Å². The van der Waals surface area contributed by atoms with Crippen LogP contribution in [0.2, 0.25) is 0 Å². The summed E-state index contributed by atoms with van der Waals surface area (Å²) in [4.78, 5) is 29.5. The van der Waals surface area contributed by atoms with Crippen molar-refractivity contribution < 1.29 is 22.8 Å². The Balaban J connectivity index is 1.20. The van der Waals surface area contributed by atoms with Gasteiger partial charge in [0.25, 0.3) is 5.91 Å². The first kappa shape index (κ1) is 25.5. The fourth-order valence-electron chi connectivity index (χ4n) is 7.63. The number of amides is 2. The van der Waals surface area contributed by atoms with Crippen molar-refractivity contribution in [3.63, 3.8) is 0 Å². The summed E-state index contributed by atoms with van der Waals surface area (Å²) in [5, 5.41) is 3.25. The first-order valence-electron chi connectivity index (χ1n) is 13.4. The number of carbonyl (C=O) groups excluding carboxylic acids is 2. The number of halogens is 3. The molecule has 200 valence electrons. The van der Waals surface area contributed by atoms with Crippen molar-refractivity contribution in [2.75, 3.05) is 11.4 Å². The SMILES string of the molecule is CC(NC(=O)CN1C(=O)C(=Cc2ccc(C(F)(F)F)cc2)Sc2ccccc21)C12CC3CC(CC(C3)C1)C2. The molecule has 1 unspecified atom stereocenters. The van der Waals surface area contributed by atoms with Crippen LogP contribution in [0.4, 0.5) is 18.9 Å². The van der Waals surface area contributed by atoms with Crippen molar-refractivity contribution in [2.24, 2.45) is 23.2 Å². The summed E-state index contributed by atoms with van der Waals surface area (Å²) in [7, 11) is 0. The molecule has 0 aromatic heterocycles. The molecular weight excluding hydrogens is 509 g/mol. The molecule has 1 aliphatic heterocycles. The van der Waals surface area contributed by atoms with Crippen molar-refractivity contribution in [3.8, 4) is 0 Å². The Morgan fingerprint density at radius 2 is 1.66 bits per heavy atom. The fourth-order valence-corrected chi connectivity index (χ4v) is 8.69. The summed E-state index contributed by atoms with van der Waals surface area (Å²) in [6, 6.07) is 12.2. The quantitative estimate of drug-likeness (QED) is 0.420. The van der Waals surface area contributed by atoms with Crippen LogP contribution in [0.15, 0.2) is 58.3 Å². The van der Waals surface area contributed by atoms with Gasteiger partial charge >= 0.3 is 6.18 Å². The minimum absolute atomic E-state index is 0.0510. The molecule has 1 atom stereocenters. The second-order valence-electron chi connectivity index (χ2n) is 11.7. The first-order chi connectivity index (χ1) is 18.1. The van der Waals surface area contributed by atoms with E-state index in [9.17, 15) is 22.8 Å². The number of rotatable bonds is 5. The molecule has 4 bridgehead atoms. The van der Waals surface area contributed by atoms with Gasteiger partial charge in [0, 0.05) is 10.9 Å². The summed E-state index contributed by atoms with van der Waals surface area (Å²) in [5.41, 5.74) is 0.592. The topological polar surface area (TPSA) is 49.4 Å². The van der Waals surface area contributed by atoms with E-state index in [0.717, 1.165) is 34.8 Å². The maximum absolute atomic E-state index is 13.5. The van der Waals surface area contributed by atoms with Gasteiger partial charge in [0.15, 0.2) is 0 Å². The monoisotopic (exact) mass is 540 g/mol. The molecule has 2 amide bonds. The molecule has 4 fully saturated rings. The standard InChI is InChI=1S/C30H31F3N2O2S/c1-18(29-14-20-10-21(15-29)12-22(11-20)16-29)34-27(36)17-35-24-4-2-3-5-25(24)38-26(28(35)37)13-19-6-8-23(9-7-19)30(31,32)33/h2-9,13,18,20-22H,10-12,14-17H2,1H3,(H,34,36). The number of benzene rings is 2. The van der Waals surface area contributed by atoms with Gasteiger partial charge in [-0.2, -0.15) is 13.2 Å². The number of hydrogen-bond donors (Lipinski definition) is 1. The molecule has 7 rings (SSSR count). The molecule has 2 aromatic carbocycles. The minimum atomic E-state index is -4.42. The average Bonchev–Trinajstić information content (AvgIpc) is 2.85. The first-order valence-corrected chi connectivity index (χ1v) is 14.2. The molecule has 1 N–H and O–H groups in total. The zero-order valence-corrected chi connectivity index (χ0v) is 22.1. The highest BCUT2D eigenvalue weighted by atomic mass is 32.2. The van der Waals surface area contributed by atoms with Gasteiger partial charge in [-0.1, -0.05) is 36.0 Å². The molecule has 4 nitrogen and oxygen atoms in total. The molecule has 0 spiro atoms. The summed E-state index contributed by atoms with van der Waals surface area (Å²) in [6.07, 6.45) is 4.73. The Morgan fingerprint density at radius 1 is 1.05 bits per heavy atom. The van der Waals surface area contributed by atoms with Gasteiger partial charge in [-0.3, -0.25) is 14.5 Å². The molecule has 0 radical (unpaired) electrons. The van der Waals surface area contributed by atoms with Gasteiger partial charge in [0.1, 0.15) is 6.54 Å². The van der Waals surface area contributed by atoms with Crippen LogP contribution in [-0.2, 0) is 15.8 Å².